The van der Waals surface area contributed by atoms with E-state index >= 15 is 0 Å². The molecule has 0 spiro atoms. The van der Waals surface area contributed by atoms with E-state index in [0.29, 0.717) is 18.7 Å². The lowest BCUT2D eigenvalue weighted by Crippen LogP contribution is -2.44. The van der Waals surface area contributed by atoms with Crippen molar-refractivity contribution >= 4 is 41.5 Å². The van der Waals surface area contributed by atoms with Crippen LogP contribution >= 0.6 is 11.3 Å². The van der Waals surface area contributed by atoms with Crippen LogP contribution in [0, 0.1) is 0 Å². The Labute approximate surface area is 240 Å². The zero-order chi connectivity index (χ0) is 29.3. The van der Waals surface area contributed by atoms with Crippen LogP contribution in [-0.2, 0) is 25.6 Å². The molecule has 1 aliphatic heterocycles. The maximum absolute atomic E-state index is 13.7. The lowest BCUT2D eigenvalue weighted by molar-refractivity contribution is 0.0768. The van der Waals surface area contributed by atoms with Gasteiger partial charge in [-0.15, -0.1) is 11.3 Å². The Kier molecular flexibility index (Phi) is 8.55. The highest BCUT2D eigenvalue weighted by Crippen LogP contribution is 2.38. The van der Waals surface area contributed by atoms with Gasteiger partial charge in [0, 0.05) is 18.7 Å². The Balaban J connectivity index is 1.65. The molecule has 2 amide bonds. The van der Waals surface area contributed by atoms with E-state index in [1.165, 1.54) is 12.3 Å². The van der Waals surface area contributed by atoms with Crippen LogP contribution < -0.4 is 5.73 Å². The number of amides is 2. The molecular formula is C28H35N3O6S2Si. The number of carbonyl (C=O) groups excluding carboxylic acids is 2. The molecule has 2 heterocycles. The van der Waals surface area contributed by atoms with E-state index in [1.54, 1.807) is 17.0 Å². The lowest BCUT2D eigenvalue weighted by Gasteiger charge is -2.38. The van der Waals surface area contributed by atoms with Crippen molar-refractivity contribution in [1.29, 1.82) is 0 Å². The van der Waals surface area contributed by atoms with Gasteiger partial charge in [0.2, 0.25) is 9.84 Å². The maximum atomic E-state index is 13.7. The summed E-state index contributed by atoms with van der Waals surface area (Å²) in [5.74, 6) is -0.240. The first-order valence-electron chi connectivity index (χ1n) is 13.0. The van der Waals surface area contributed by atoms with Crippen molar-refractivity contribution in [1.82, 2.24) is 9.88 Å². The normalized spacial score (nSPS) is 16.2. The van der Waals surface area contributed by atoms with Gasteiger partial charge in [-0.2, -0.15) is 0 Å². The zero-order valence-corrected chi connectivity index (χ0v) is 26.0. The molecular weight excluding hydrogens is 567 g/mol. The zero-order valence-electron chi connectivity index (χ0n) is 23.3. The molecule has 0 radical (unpaired) electrons. The SMILES string of the molecule is CC(C)(C)[Si](C)(C)O[C@@H]1CCN(C(=O)c2cc(-c3ccccc3)cc(S(=O)(=O)c3cnc(COC(N)=O)s3)c2)C1. The number of thiazole rings is 1. The monoisotopic (exact) mass is 601 g/mol. The molecule has 0 aliphatic carbocycles. The van der Waals surface area contributed by atoms with Crippen LogP contribution in [0.3, 0.4) is 0 Å². The lowest BCUT2D eigenvalue weighted by atomic mass is 10.0. The summed E-state index contributed by atoms with van der Waals surface area (Å²) in [4.78, 5) is 30.4. The van der Waals surface area contributed by atoms with Crippen LogP contribution in [0.1, 0.15) is 42.6 Å². The maximum Gasteiger partial charge on any atom is 0.404 e. The second kappa shape index (κ2) is 11.4. The van der Waals surface area contributed by atoms with E-state index in [1.807, 2.05) is 30.3 Å². The molecule has 214 valence electrons. The molecule has 1 saturated heterocycles. The van der Waals surface area contributed by atoms with Gasteiger partial charge in [-0.1, -0.05) is 51.1 Å². The van der Waals surface area contributed by atoms with Crippen molar-refractivity contribution in [3.05, 3.63) is 65.3 Å². The van der Waals surface area contributed by atoms with Gasteiger partial charge in [-0.3, -0.25) is 4.79 Å². The van der Waals surface area contributed by atoms with Crippen LogP contribution in [0.15, 0.2) is 63.8 Å². The van der Waals surface area contributed by atoms with E-state index in [9.17, 15) is 18.0 Å². The summed E-state index contributed by atoms with van der Waals surface area (Å²) in [7, 11) is -6.03. The summed E-state index contributed by atoms with van der Waals surface area (Å²) in [5, 5.41) is 0.345. The number of hydrogen-bond donors (Lipinski definition) is 1. The van der Waals surface area contributed by atoms with Gasteiger partial charge in [-0.25, -0.2) is 18.2 Å². The van der Waals surface area contributed by atoms with Gasteiger partial charge in [0.25, 0.3) is 5.91 Å². The van der Waals surface area contributed by atoms with Crippen molar-refractivity contribution in [2.24, 2.45) is 5.73 Å². The topological polar surface area (TPSA) is 129 Å². The first-order valence-corrected chi connectivity index (χ1v) is 18.2. The molecule has 1 atom stereocenters. The number of sulfone groups is 1. The van der Waals surface area contributed by atoms with Crippen LogP contribution in [0.2, 0.25) is 18.1 Å². The minimum absolute atomic E-state index is 0.0171. The molecule has 0 saturated carbocycles. The van der Waals surface area contributed by atoms with Gasteiger partial charge in [0.15, 0.2) is 8.32 Å². The predicted molar refractivity (Wildman–Crippen MR) is 156 cm³/mol. The van der Waals surface area contributed by atoms with E-state index in [2.05, 4.69) is 38.8 Å². The Bertz CT molecular complexity index is 1500. The van der Waals surface area contributed by atoms with E-state index in [0.717, 1.165) is 23.3 Å². The number of aromatic nitrogens is 1. The summed E-state index contributed by atoms with van der Waals surface area (Å²) < 4.78 is 38.6. The fourth-order valence-electron chi connectivity index (χ4n) is 4.19. The molecule has 40 heavy (non-hydrogen) atoms. The van der Waals surface area contributed by atoms with Crippen LogP contribution in [0.25, 0.3) is 11.1 Å². The second-order valence-electron chi connectivity index (χ2n) is 11.3. The molecule has 0 unspecified atom stereocenters. The number of carbonyl (C=O) groups is 2. The highest BCUT2D eigenvalue weighted by molar-refractivity contribution is 7.93. The molecule has 9 nitrogen and oxygen atoms in total. The third-order valence-corrected chi connectivity index (χ3v) is 15.1. The average molecular weight is 602 g/mol. The Hall–Kier alpha value is -3.06. The molecule has 0 bridgehead atoms. The number of likely N-dealkylation sites (tertiary alicyclic amines) is 1. The van der Waals surface area contributed by atoms with Crippen molar-refractivity contribution in [2.75, 3.05) is 13.1 Å². The van der Waals surface area contributed by atoms with Crippen LogP contribution in [-0.4, -0.2) is 57.8 Å². The van der Waals surface area contributed by atoms with Crippen LogP contribution in [0.4, 0.5) is 4.79 Å². The molecule has 3 aromatic rings. The summed E-state index contributed by atoms with van der Waals surface area (Å²) in [5.41, 5.74) is 6.69. The molecule has 2 aromatic carbocycles. The number of ether oxygens (including phenoxy) is 1. The molecule has 2 N–H and O–H groups in total. The Morgan fingerprint density at radius 1 is 1.12 bits per heavy atom. The quantitative estimate of drug-likeness (QED) is 0.339. The number of nitrogens with zero attached hydrogens (tertiary/aromatic N) is 2. The fourth-order valence-corrected chi connectivity index (χ4v) is 8.14. The Morgan fingerprint density at radius 3 is 2.48 bits per heavy atom. The van der Waals surface area contributed by atoms with E-state index in [4.69, 9.17) is 14.9 Å². The smallest absolute Gasteiger partial charge is 0.404 e. The van der Waals surface area contributed by atoms with Gasteiger partial charge in [0.05, 0.1) is 17.2 Å². The Morgan fingerprint density at radius 2 is 1.82 bits per heavy atom. The van der Waals surface area contributed by atoms with E-state index < -0.39 is 24.2 Å². The molecule has 1 fully saturated rings. The van der Waals surface area contributed by atoms with Crippen molar-refractivity contribution in [2.45, 2.75) is 67.1 Å². The molecule has 4 rings (SSSR count). The first kappa shape index (κ1) is 29.9. The second-order valence-corrected chi connectivity index (χ2v) is 19.4. The summed E-state index contributed by atoms with van der Waals surface area (Å²) >= 11 is 0.885. The van der Waals surface area contributed by atoms with Gasteiger partial charge in [0.1, 0.15) is 15.8 Å². The first-order chi connectivity index (χ1) is 18.7. The molecule has 1 aliphatic rings. The predicted octanol–water partition coefficient (Wildman–Crippen LogP) is 5.47. The fraction of sp³-hybridized carbons (Fsp3) is 0.393. The van der Waals surface area contributed by atoms with Crippen LogP contribution in [0.5, 0.6) is 0 Å². The number of benzene rings is 2. The van der Waals surface area contributed by atoms with Crippen molar-refractivity contribution in [3.8, 4) is 11.1 Å². The highest BCUT2D eigenvalue weighted by Gasteiger charge is 2.41. The average Bonchev–Trinajstić information content (AvgIpc) is 3.57. The highest BCUT2D eigenvalue weighted by atomic mass is 32.2. The standard InChI is InChI=1S/C28H35N3O6S2Si/c1-28(2,3)40(4,5)37-22-11-12-31(17-22)26(32)21-13-20(19-9-7-6-8-10-19)14-23(15-21)39(34,35)25-16-30-24(38-25)18-36-27(29)33/h6-10,13-16,22H,11-12,17-18H2,1-5H3,(H2,29,33)/t22-/m1/s1. The largest absolute Gasteiger partial charge is 0.442 e. The van der Waals surface area contributed by atoms with Gasteiger partial charge >= 0.3 is 6.09 Å². The summed E-state index contributed by atoms with van der Waals surface area (Å²) in [6, 6.07) is 14.0. The minimum Gasteiger partial charge on any atom is -0.442 e. The minimum atomic E-state index is -4.02. The molecule has 12 heteroatoms. The van der Waals surface area contributed by atoms with Crippen molar-refractivity contribution in [3.63, 3.8) is 0 Å². The van der Waals surface area contributed by atoms with E-state index in [-0.39, 0.29) is 43.3 Å². The number of rotatable bonds is 8. The third kappa shape index (κ3) is 6.62. The number of nitrogens with two attached hydrogens (primary N) is 1. The summed E-state index contributed by atoms with van der Waals surface area (Å²) in [6.45, 7) is 11.7. The number of hydrogen-bond acceptors (Lipinski definition) is 8. The third-order valence-electron chi connectivity index (χ3n) is 7.41. The van der Waals surface area contributed by atoms with Gasteiger partial charge in [-0.05, 0) is 53.9 Å². The van der Waals surface area contributed by atoms with Gasteiger partial charge < -0.3 is 19.8 Å². The van der Waals surface area contributed by atoms with Crippen molar-refractivity contribution < 1.29 is 27.2 Å². The summed E-state index contributed by atoms with van der Waals surface area (Å²) in [6.07, 6.45) is 0.930. The number of primary amides is 1. The molecule has 1 aromatic heterocycles.